The van der Waals surface area contributed by atoms with Crippen LogP contribution in [0.2, 0.25) is 0 Å². The molecule has 2 rings (SSSR count). The van der Waals surface area contributed by atoms with Gasteiger partial charge < -0.3 is 15.5 Å². The Hall–Kier alpha value is -1.97. The molecule has 0 aromatic carbocycles. The van der Waals surface area contributed by atoms with Crippen LogP contribution in [0.15, 0.2) is 29.8 Å². The zero-order valence-electron chi connectivity index (χ0n) is 11.7. The third-order valence-corrected chi connectivity index (χ3v) is 3.90. The highest BCUT2D eigenvalue weighted by atomic mass is 32.1. The smallest absolute Gasteiger partial charge is 0.394 e. The average molecular weight is 346 g/mol. The molecule has 9 heteroatoms. The second kappa shape index (κ2) is 7.07. The highest BCUT2D eigenvalue weighted by Crippen LogP contribution is 2.40. The van der Waals surface area contributed by atoms with Gasteiger partial charge in [-0.15, -0.1) is 11.3 Å². The number of rotatable bonds is 5. The predicted octanol–water partition coefficient (Wildman–Crippen LogP) is 1.91. The van der Waals surface area contributed by atoms with Gasteiger partial charge in [0.1, 0.15) is 10.6 Å². The molecule has 2 aromatic heterocycles. The Bertz CT molecular complexity index is 671. The van der Waals surface area contributed by atoms with Gasteiger partial charge in [-0.3, -0.25) is 9.78 Å². The summed E-state index contributed by atoms with van der Waals surface area (Å²) in [5.74, 6) is -0.592. The topological polar surface area (TPSA) is 82.5 Å². The molecule has 5 nitrogen and oxygen atoms in total. The lowest BCUT2D eigenvalue weighted by atomic mass is 10.1. The first-order valence-electron chi connectivity index (χ1n) is 6.51. The van der Waals surface area contributed by atoms with E-state index in [0.29, 0.717) is 11.3 Å². The van der Waals surface area contributed by atoms with Crippen molar-refractivity contribution in [3.05, 3.63) is 40.3 Å². The molecule has 1 atom stereocenters. The molecule has 0 bridgehead atoms. The number of carbonyl (C=O) groups is 1. The summed E-state index contributed by atoms with van der Waals surface area (Å²) < 4.78 is 38.6. The molecule has 0 saturated carbocycles. The molecular formula is C14H13F3N2O3S. The molecule has 0 unspecified atom stereocenters. The molecule has 0 spiro atoms. The van der Waals surface area contributed by atoms with Gasteiger partial charge in [-0.2, -0.15) is 13.2 Å². The van der Waals surface area contributed by atoms with Gasteiger partial charge >= 0.3 is 6.18 Å². The fourth-order valence-corrected chi connectivity index (χ4v) is 2.60. The van der Waals surface area contributed by atoms with Gasteiger partial charge in [0.15, 0.2) is 0 Å². The summed E-state index contributed by atoms with van der Waals surface area (Å²) in [5.41, 5.74) is 0.269. The van der Waals surface area contributed by atoms with Crippen molar-refractivity contribution in [2.24, 2.45) is 0 Å². The Kier molecular flexibility index (Phi) is 5.34. The highest BCUT2D eigenvalue weighted by molar-refractivity contribution is 7.10. The largest absolute Gasteiger partial charge is 0.426 e. The number of halogens is 3. The lowest BCUT2D eigenvalue weighted by Gasteiger charge is -2.10. The molecule has 1 amide bonds. The zero-order chi connectivity index (χ0) is 17.0. The summed E-state index contributed by atoms with van der Waals surface area (Å²) in [6, 6.07) is 4.03. The van der Waals surface area contributed by atoms with Crippen LogP contribution in [0.25, 0.3) is 11.1 Å². The van der Waals surface area contributed by atoms with E-state index < -0.39 is 29.7 Å². The van der Waals surface area contributed by atoms with Crippen molar-refractivity contribution < 1.29 is 28.2 Å². The Morgan fingerprint density at radius 1 is 1.35 bits per heavy atom. The lowest BCUT2D eigenvalue weighted by Crippen LogP contribution is -2.34. The lowest BCUT2D eigenvalue weighted by molar-refractivity contribution is -0.133. The Morgan fingerprint density at radius 3 is 2.65 bits per heavy atom. The average Bonchev–Trinajstić information content (AvgIpc) is 3.02. The maximum absolute atomic E-state index is 12.9. The first kappa shape index (κ1) is 17.4. The number of thiophene rings is 1. The number of nitrogens with one attached hydrogen (secondary N) is 1. The minimum atomic E-state index is -4.44. The summed E-state index contributed by atoms with van der Waals surface area (Å²) in [6.07, 6.45) is -4.34. The minimum Gasteiger partial charge on any atom is -0.394 e. The number of hydrogen-bond acceptors (Lipinski definition) is 5. The van der Waals surface area contributed by atoms with Gasteiger partial charge in [0.2, 0.25) is 0 Å². The van der Waals surface area contributed by atoms with E-state index in [1.54, 1.807) is 0 Å². The molecule has 0 radical (unpaired) electrons. The molecule has 2 aromatic rings. The van der Waals surface area contributed by atoms with E-state index in [1.165, 1.54) is 29.8 Å². The van der Waals surface area contributed by atoms with Gasteiger partial charge in [-0.05, 0) is 17.5 Å². The number of amides is 1. The normalized spacial score (nSPS) is 12.9. The van der Waals surface area contributed by atoms with E-state index in [2.05, 4.69) is 10.3 Å². The number of pyridine rings is 1. The fourth-order valence-electron chi connectivity index (χ4n) is 1.81. The van der Waals surface area contributed by atoms with Crippen molar-refractivity contribution in [3.8, 4) is 11.1 Å². The number of alkyl halides is 3. The van der Waals surface area contributed by atoms with E-state index in [4.69, 9.17) is 10.2 Å². The highest BCUT2D eigenvalue weighted by Gasteiger charge is 2.35. The van der Waals surface area contributed by atoms with Crippen LogP contribution in [0.1, 0.15) is 15.4 Å². The molecular weight excluding hydrogens is 333 g/mol. The maximum Gasteiger partial charge on any atom is 0.426 e. The monoisotopic (exact) mass is 346 g/mol. The molecule has 2 heterocycles. The van der Waals surface area contributed by atoms with E-state index in [1.807, 2.05) is 0 Å². The third-order valence-electron chi connectivity index (χ3n) is 2.94. The van der Waals surface area contributed by atoms with E-state index in [0.717, 1.165) is 0 Å². The summed E-state index contributed by atoms with van der Waals surface area (Å²) >= 11 is 0.592. The van der Waals surface area contributed by atoms with E-state index >= 15 is 0 Å². The SMILES string of the molecule is O=C(NC[C@H](O)CO)c1ccc(-c2ccsc2C(F)(F)F)cn1. The first-order valence-corrected chi connectivity index (χ1v) is 7.39. The van der Waals surface area contributed by atoms with Crippen LogP contribution in [-0.2, 0) is 6.18 Å². The molecule has 0 saturated heterocycles. The van der Waals surface area contributed by atoms with E-state index in [-0.39, 0.29) is 23.4 Å². The van der Waals surface area contributed by atoms with Gasteiger partial charge in [-0.25, -0.2) is 0 Å². The molecule has 3 N–H and O–H groups in total. The van der Waals surface area contributed by atoms with Crippen molar-refractivity contribution in [3.63, 3.8) is 0 Å². The zero-order valence-corrected chi connectivity index (χ0v) is 12.5. The number of aromatic nitrogens is 1. The van der Waals surface area contributed by atoms with Crippen LogP contribution in [-0.4, -0.2) is 40.4 Å². The van der Waals surface area contributed by atoms with Gasteiger partial charge in [0, 0.05) is 23.9 Å². The number of nitrogens with zero attached hydrogens (tertiary/aromatic N) is 1. The number of aliphatic hydroxyl groups excluding tert-OH is 2. The number of aliphatic hydroxyl groups is 2. The van der Waals surface area contributed by atoms with Crippen molar-refractivity contribution in [1.29, 1.82) is 0 Å². The number of carbonyl (C=O) groups excluding carboxylic acids is 1. The summed E-state index contributed by atoms with van der Waals surface area (Å²) in [5, 5.41) is 21.5. The van der Waals surface area contributed by atoms with Crippen molar-refractivity contribution >= 4 is 17.2 Å². The first-order chi connectivity index (χ1) is 10.8. The van der Waals surface area contributed by atoms with Crippen molar-refractivity contribution in [2.45, 2.75) is 12.3 Å². The van der Waals surface area contributed by atoms with Crippen LogP contribution in [0.5, 0.6) is 0 Å². The standard InChI is InChI=1S/C14H13F3N2O3S/c15-14(16,17)12-10(3-4-23-12)8-1-2-11(18-5-8)13(22)19-6-9(21)7-20/h1-5,9,20-21H,6-7H2,(H,19,22)/t9-/m0/s1. The molecule has 124 valence electrons. The van der Waals surface area contributed by atoms with Crippen LogP contribution < -0.4 is 5.32 Å². The second-order valence-corrected chi connectivity index (χ2v) is 5.56. The summed E-state index contributed by atoms with van der Waals surface area (Å²) in [4.78, 5) is 14.9. The molecule has 0 aliphatic rings. The van der Waals surface area contributed by atoms with Crippen molar-refractivity contribution in [2.75, 3.05) is 13.2 Å². The van der Waals surface area contributed by atoms with Gasteiger partial charge in [-0.1, -0.05) is 6.07 Å². The number of hydrogen-bond donors (Lipinski definition) is 3. The minimum absolute atomic E-state index is 0.00248. The fraction of sp³-hybridized carbons (Fsp3) is 0.286. The summed E-state index contributed by atoms with van der Waals surface area (Å²) in [6.45, 7) is -0.646. The third kappa shape index (κ3) is 4.27. The predicted molar refractivity (Wildman–Crippen MR) is 78.0 cm³/mol. The van der Waals surface area contributed by atoms with Crippen LogP contribution >= 0.6 is 11.3 Å². The van der Waals surface area contributed by atoms with Gasteiger partial charge in [0.05, 0.1) is 12.7 Å². The second-order valence-electron chi connectivity index (χ2n) is 4.64. The Morgan fingerprint density at radius 2 is 2.09 bits per heavy atom. The summed E-state index contributed by atoms with van der Waals surface area (Å²) in [7, 11) is 0. The van der Waals surface area contributed by atoms with Crippen LogP contribution in [0.4, 0.5) is 13.2 Å². The van der Waals surface area contributed by atoms with E-state index in [9.17, 15) is 18.0 Å². The van der Waals surface area contributed by atoms with Crippen LogP contribution in [0.3, 0.4) is 0 Å². The quantitative estimate of drug-likeness (QED) is 0.772. The van der Waals surface area contributed by atoms with Gasteiger partial charge in [0.25, 0.3) is 5.91 Å². The maximum atomic E-state index is 12.9. The Labute approximate surface area is 133 Å². The molecule has 0 aliphatic heterocycles. The Balaban J connectivity index is 2.14. The molecule has 0 aliphatic carbocycles. The molecule has 23 heavy (non-hydrogen) atoms. The van der Waals surface area contributed by atoms with Crippen LogP contribution in [0, 0.1) is 0 Å². The molecule has 0 fully saturated rings. The van der Waals surface area contributed by atoms with Crippen molar-refractivity contribution in [1.82, 2.24) is 10.3 Å².